The number of aliphatic hydroxyl groups is 1. The largest absolute Gasteiger partial charge is 0.506 e. The molecule has 1 aliphatic rings. The molecule has 198 valence electrons. The molecule has 0 aromatic heterocycles. The molecule has 0 bridgehead atoms. The van der Waals surface area contributed by atoms with Gasteiger partial charge in [0.15, 0.2) is 0 Å². The number of carbonyl (C=O) groups excluding carboxylic acids is 2. The summed E-state index contributed by atoms with van der Waals surface area (Å²) in [5, 5.41) is 11.6. The Hall–Kier alpha value is -4.46. The lowest BCUT2D eigenvalue weighted by Crippen LogP contribution is -2.29. The first-order valence-corrected chi connectivity index (χ1v) is 12.3. The van der Waals surface area contributed by atoms with Crippen molar-refractivity contribution in [2.75, 3.05) is 25.7 Å². The first-order valence-electron chi connectivity index (χ1n) is 12.3. The van der Waals surface area contributed by atoms with Gasteiger partial charge in [0.2, 0.25) is 0 Å². The van der Waals surface area contributed by atoms with Crippen LogP contribution in [0.25, 0.3) is 5.76 Å². The first kappa shape index (κ1) is 26.6. The van der Waals surface area contributed by atoms with Crippen molar-refractivity contribution in [2.24, 2.45) is 0 Å². The summed E-state index contributed by atoms with van der Waals surface area (Å²) >= 11 is 0. The second-order valence-corrected chi connectivity index (χ2v) is 8.87. The summed E-state index contributed by atoms with van der Waals surface area (Å²) in [6.07, 6.45) is -0.0200. The summed E-state index contributed by atoms with van der Waals surface area (Å²) < 4.78 is 22.2. The van der Waals surface area contributed by atoms with Crippen LogP contribution in [0.2, 0.25) is 0 Å². The van der Waals surface area contributed by atoms with E-state index in [0.29, 0.717) is 40.9 Å². The number of hydrogen-bond donors (Lipinski definition) is 1. The fourth-order valence-electron chi connectivity index (χ4n) is 4.50. The van der Waals surface area contributed by atoms with Gasteiger partial charge < -0.3 is 24.1 Å². The molecule has 0 aliphatic carbocycles. The Labute approximate surface area is 222 Å². The lowest BCUT2D eigenvalue weighted by Gasteiger charge is -2.26. The van der Waals surface area contributed by atoms with Gasteiger partial charge in [-0.1, -0.05) is 18.2 Å². The third-order valence-corrected chi connectivity index (χ3v) is 6.10. The lowest BCUT2D eigenvalue weighted by atomic mass is 9.94. The minimum Gasteiger partial charge on any atom is -0.506 e. The van der Waals surface area contributed by atoms with Crippen LogP contribution < -0.4 is 23.8 Å². The Kier molecular flexibility index (Phi) is 7.90. The fraction of sp³-hybridized carbons (Fsp3) is 0.267. The minimum absolute atomic E-state index is 0.0200. The van der Waals surface area contributed by atoms with Gasteiger partial charge in [-0.3, -0.25) is 14.5 Å². The molecule has 8 nitrogen and oxygen atoms in total. The van der Waals surface area contributed by atoms with Crippen molar-refractivity contribution in [1.29, 1.82) is 0 Å². The van der Waals surface area contributed by atoms with E-state index >= 15 is 0 Å². The Bertz CT molecular complexity index is 1320. The first-order chi connectivity index (χ1) is 18.3. The molecule has 1 heterocycles. The van der Waals surface area contributed by atoms with Crippen molar-refractivity contribution in [3.05, 3.63) is 83.4 Å². The number of Topliss-reactive ketones (excluding diaryl/α,β-unsaturated/α-hetero) is 1. The van der Waals surface area contributed by atoms with Crippen LogP contribution in [-0.4, -0.2) is 43.7 Å². The Morgan fingerprint density at radius 2 is 1.47 bits per heavy atom. The summed E-state index contributed by atoms with van der Waals surface area (Å²) in [6, 6.07) is 18.1. The molecule has 3 aromatic rings. The van der Waals surface area contributed by atoms with Gasteiger partial charge in [-0.25, -0.2) is 0 Å². The maximum Gasteiger partial charge on any atom is 0.300 e. The van der Waals surface area contributed by atoms with E-state index in [2.05, 4.69) is 0 Å². The minimum atomic E-state index is -0.921. The normalized spacial score (nSPS) is 16.6. The van der Waals surface area contributed by atoms with Crippen molar-refractivity contribution in [1.82, 2.24) is 0 Å². The van der Waals surface area contributed by atoms with Gasteiger partial charge in [0.25, 0.3) is 11.7 Å². The number of benzene rings is 3. The molecule has 1 unspecified atom stereocenters. The Morgan fingerprint density at radius 3 is 2.00 bits per heavy atom. The van der Waals surface area contributed by atoms with Gasteiger partial charge in [-0.2, -0.15) is 0 Å². The fourth-order valence-corrected chi connectivity index (χ4v) is 4.50. The molecule has 1 atom stereocenters. The van der Waals surface area contributed by atoms with Crippen molar-refractivity contribution in [3.8, 4) is 23.0 Å². The quantitative estimate of drug-likeness (QED) is 0.227. The molecule has 1 aliphatic heterocycles. The van der Waals surface area contributed by atoms with E-state index in [1.165, 1.54) is 19.1 Å². The number of ketones is 1. The van der Waals surface area contributed by atoms with Crippen LogP contribution in [0.1, 0.15) is 37.9 Å². The number of methoxy groups -OCH3 is 2. The highest BCUT2D eigenvalue weighted by Gasteiger charge is 2.47. The average molecular weight is 518 g/mol. The Balaban J connectivity index is 1.92. The number of amides is 1. The van der Waals surface area contributed by atoms with Crippen LogP contribution in [0.4, 0.5) is 5.69 Å². The van der Waals surface area contributed by atoms with Gasteiger partial charge in [-0.05, 0) is 74.9 Å². The van der Waals surface area contributed by atoms with E-state index in [9.17, 15) is 14.7 Å². The second kappa shape index (κ2) is 11.3. The molecule has 38 heavy (non-hydrogen) atoms. The smallest absolute Gasteiger partial charge is 0.300 e. The molecule has 1 fully saturated rings. The van der Waals surface area contributed by atoms with Gasteiger partial charge in [0.1, 0.15) is 34.3 Å². The summed E-state index contributed by atoms with van der Waals surface area (Å²) in [5.41, 5.74) is 1.20. The van der Waals surface area contributed by atoms with Gasteiger partial charge >= 0.3 is 0 Å². The average Bonchev–Trinajstić information content (AvgIpc) is 3.18. The van der Waals surface area contributed by atoms with Crippen LogP contribution in [-0.2, 0) is 9.59 Å². The molecule has 0 radical (unpaired) electrons. The number of ether oxygens (including phenoxy) is 4. The number of hydrogen-bond acceptors (Lipinski definition) is 7. The van der Waals surface area contributed by atoms with E-state index in [1.54, 1.807) is 66.7 Å². The highest BCUT2D eigenvalue weighted by atomic mass is 16.5. The highest BCUT2D eigenvalue weighted by molar-refractivity contribution is 6.51. The standard InChI is InChI=1S/C30H31NO7/c1-6-37-21-16-12-20(13-17-21)31-27(19-10-14-22(15-11-19)38-18(2)3)26(29(33)30(31)34)28(32)25-23(35-4)8-7-9-24(25)36-5/h7-18,27,32H,6H2,1-5H3/b28-26+. The van der Waals surface area contributed by atoms with E-state index in [0.717, 1.165) is 0 Å². The number of aliphatic hydroxyl groups excluding tert-OH is 1. The molecule has 1 saturated heterocycles. The van der Waals surface area contributed by atoms with Crippen LogP contribution in [0, 0.1) is 0 Å². The van der Waals surface area contributed by atoms with Gasteiger partial charge in [-0.15, -0.1) is 0 Å². The van der Waals surface area contributed by atoms with Crippen LogP contribution in [0.3, 0.4) is 0 Å². The van der Waals surface area contributed by atoms with Gasteiger partial charge in [0.05, 0.1) is 38.5 Å². The maximum absolute atomic E-state index is 13.5. The molecule has 4 rings (SSSR count). The third kappa shape index (κ3) is 5.02. The van der Waals surface area contributed by atoms with E-state index < -0.39 is 23.5 Å². The van der Waals surface area contributed by atoms with Crippen molar-refractivity contribution in [3.63, 3.8) is 0 Å². The summed E-state index contributed by atoms with van der Waals surface area (Å²) in [7, 11) is 2.91. The molecule has 0 saturated carbocycles. The lowest BCUT2D eigenvalue weighted by molar-refractivity contribution is -0.132. The van der Waals surface area contributed by atoms with Crippen LogP contribution >= 0.6 is 0 Å². The highest BCUT2D eigenvalue weighted by Crippen LogP contribution is 2.45. The SMILES string of the molecule is CCOc1ccc(N2C(=O)C(=O)/C(=C(/O)c3c(OC)cccc3OC)C2c2ccc(OC(C)C)cc2)cc1. The zero-order valence-electron chi connectivity index (χ0n) is 22.1. The molecular formula is C30H31NO7. The molecule has 3 aromatic carbocycles. The van der Waals surface area contributed by atoms with Crippen molar-refractivity contribution >= 4 is 23.1 Å². The number of nitrogens with zero attached hydrogens (tertiary/aromatic N) is 1. The van der Waals surface area contributed by atoms with Crippen molar-refractivity contribution in [2.45, 2.75) is 32.9 Å². The van der Waals surface area contributed by atoms with Gasteiger partial charge in [0, 0.05) is 5.69 Å². The summed E-state index contributed by atoms with van der Waals surface area (Å²) in [4.78, 5) is 28.4. The van der Waals surface area contributed by atoms with E-state index in [4.69, 9.17) is 18.9 Å². The summed E-state index contributed by atoms with van der Waals surface area (Å²) in [5.74, 6) is -0.0962. The van der Waals surface area contributed by atoms with E-state index in [-0.39, 0.29) is 17.2 Å². The van der Waals surface area contributed by atoms with E-state index in [1.807, 2.05) is 20.8 Å². The predicted octanol–water partition coefficient (Wildman–Crippen LogP) is 5.52. The molecule has 8 heteroatoms. The molecule has 1 amide bonds. The maximum atomic E-state index is 13.5. The number of rotatable bonds is 9. The molecule has 1 N–H and O–H groups in total. The molecule has 0 spiro atoms. The monoisotopic (exact) mass is 517 g/mol. The molecular weight excluding hydrogens is 486 g/mol. The van der Waals surface area contributed by atoms with Crippen molar-refractivity contribution < 1.29 is 33.6 Å². The topological polar surface area (TPSA) is 94.5 Å². The Morgan fingerprint density at radius 1 is 0.895 bits per heavy atom. The zero-order chi connectivity index (χ0) is 27.4. The number of carbonyl (C=O) groups is 2. The number of anilines is 1. The summed E-state index contributed by atoms with van der Waals surface area (Å²) in [6.45, 7) is 6.23. The van der Waals surface area contributed by atoms with Crippen LogP contribution in [0.5, 0.6) is 23.0 Å². The predicted molar refractivity (Wildman–Crippen MR) is 144 cm³/mol. The van der Waals surface area contributed by atoms with Crippen LogP contribution in [0.15, 0.2) is 72.3 Å². The third-order valence-electron chi connectivity index (χ3n) is 6.10. The zero-order valence-corrected chi connectivity index (χ0v) is 22.1. The second-order valence-electron chi connectivity index (χ2n) is 8.87.